The molecule has 2 fully saturated rings. The van der Waals surface area contributed by atoms with Crippen LogP contribution in [-0.4, -0.2) is 57.4 Å². The van der Waals surface area contributed by atoms with E-state index in [4.69, 9.17) is 38.5 Å². The molecule has 11 heteroatoms. The van der Waals surface area contributed by atoms with Crippen LogP contribution in [0.4, 0.5) is 11.8 Å². The fraction of sp³-hybridized carbons (Fsp3) is 0.444. The second kappa shape index (κ2) is 12.5. The predicted molar refractivity (Wildman–Crippen MR) is 156 cm³/mol. The average Bonchev–Trinajstić information content (AvgIpc) is 2.93. The fourth-order valence-corrected chi connectivity index (χ4v) is 6.07. The number of nitrogens with one attached hydrogen (secondary N) is 2. The molecule has 38 heavy (non-hydrogen) atoms. The van der Waals surface area contributed by atoms with Crippen LogP contribution in [0.25, 0.3) is 0 Å². The number of rotatable bonds is 7. The predicted octanol–water partition coefficient (Wildman–Crippen LogP) is 5.48. The van der Waals surface area contributed by atoms with Crippen molar-refractivity contribution in [2.75, 3.05) is 36.5 Å². The lowest BCUT2D eigenvalue weighted by atomic mass is 9.74. The highest BCUT2D eigenvalue weighted by Gasteiger charge is 2.34. The number of thiocarbonyl (C=S) groups is 1. The quantitative estimate of drug-likeness (QED) is 0.216. The molecule has 1 atom stereocenters. The fourth-order valence-electron chi connectivity index (χ4n) is 5.07. The number of nitrogens with zero attached hydrogens (tertiary/aromatic N) is 5. The van der Waals surface area contributed by atoms with Crippen LogP contribution >= 0.6 is 35.6 Å². The zero-order valence-corrected chi connectivity index (χ0v) is 23.8. The van der Waals surface area contributed by atoms with E-state index in [2.05, 4.69) is 44.6 Å². The molecule has 2 aliphatic heterocycles. The van der Waals surface area contributed by atoms with Crippen molar-refractivity contribution in [1.29, 1.82) is 0 Å². The summed E-state index contributed by atoms with van der Waals surface area (Å²) in [6.45, 7) is 5.32. The van der Waals surface area contributed by atoms with Gasteiger partial charge in [-0.3, -0.25) is 0 Å². The molecule has 5 rings (SSSR count). The van der Waals surface area contributed by atoms with Crippen LogP contribution in [0.15, 0.2) is 59.0 Å². The Hall–Kier alpha value is -2.53. The lowest BCUT2D eigenvalue weighted by Crippen LogP contribution is -2.45. The molecule has 0 aliphatic carbocycles. The van der Waals surface area contributed by atoms with Crippen molar-refractivity contribution in [3.05, 3.63) is 59.4 Å². The van der Waals surface area contributed by atoms with Gasteiger partial charge in [-0.05, 0) is 86.8 Å². The minimum Gasteiger partial charge on any atom is -0.381 e. The van der Waals surface area contributed by atoms with Gasteiger partial charge in [0.05, 0.1) is 0 Å². The first-order chi connectivity index (χ1) is 18.5. The van der Waals surface area contributed by atoms with Crippen LogP contribution in [0.5, 0.6) is 0 Å². The standard InChI is InChI=1S/C27H32ClN7OS2/c1-19-5-2-3-14-35(19)22-17-23(38-26-29-12-4-13-30-26)33-24(32-22)34-25(37)31-18-27(10-15-36-16-11-27)20-6-8-21(28)9-7-20/h4,6-9,12-13,17,19H,2-3,5,10-11,14-16,18H2,1H3,(H2,31,32,33,34,37)/t19-/m1/s1. The second-order valence-electron chi connectivity index (χ2n) is 9.77. The molecule has 0 unspecified atom stereocenters. The Balaban J connectivity index is 1.33. The molecule has 3 aromatic rings. The Bertz CT molecular complexity index is 1230. The number of anilines is 2. The van der Waals surface area contributed by atoms with Gasteiger partial charge < -0.3 is 20.3 Å². The van der Waals surface area contributed by atoms with Gasteiger partial charge in [-0.25, -0.2) is 15.0 Å². The zero-order valence-electron chi connectivity index (χ0n) is 21.4. The topological polar surface area (TPSA) is 88.1 Å². The number of piperidine rings is 1. The van der Waals surface area contributed by atoms with Crippen LogP contribution in [0, 0.1) is 0 Å². The van der Waals surface area contributed by atoms with E-state index in [1.54, 1.807) is 18.5 Å². The van der Waals surface area contributed by atoms with Crippen molar-refractivity contribution in [2.24, 2.45) is 0 Å². The van der Waals surface area contributed by atoms with Gasteiger partial charge in [-0.1, -0.05) is 23.7 Å². The Morgan fingerprint density at radius 1 is 1.16 bits per heavy atom. The van der Waals surface area contributed by atoms with Gasteiger partial charge >= 0.3 is 0 Å². The van der Waals surface area contributed by atoms with Gasteiger partial charge in [0.25, 0.3) is 0 Å². The molecule has 0 bridgehead atoms. The highest BCUT2D eigenvalue weighted by Crippen LogP contribution is 2.35. The van der Waals surface area contributed by atoms with Gasteiger partial charge in [-0.15, -0.1) is 0 Å². The van der Waals surface area contributed by atoms with Crippen molar-refractivity contribution < 1.29 is 4.74 Å². The number of hydrogen-bond donors (Lipinski definition) is 2. The van der Waals surface area contributed by atoms with Gasteiger partial charge in [0.1, 0.15) is 10.8 Å². The molecule has 0 radical (unpaired) electrons. The summed E-state index contributed by atoms with van der Waals surface area (Å²) in [5, 5.41) is 9.31. The first-order valence-corrected chi connectivity index (χ1v) is 14.6. The van der Waals surface area contributed by atoms with Crippen LogP contribution in [-0.2, 0) is 10.2 Å². The minimum absolute atomic E-state index is 0.0911. The van der Waals surface area contributed by atoms with E-state index in [-0.39, 0.29) is 5.41 Å². The molecule has 200 valence electrons. The third-order valence-corrected chi connectivity index (χ3v) is 8.55. The summed E-state index contributed by atoms with van der Waals surface area (Å²) in [5.74, 6) is 1.35. The van der Waals surface area contributed by atoms with E-state index >= 15 is 0 Å². The summed E-state index contributed by atoms with van der Waals surface area (Å²) in [5.41, 5.74) is 1.14. The summed E-state index contributed by atoms with van der Waals surface area (Å²) in [6.07, 6.45) is 8.80. The Morgan fingerprint density at radius 2 is 1.92 bits per heavy atom. The number of benzene rings is 1. The zero-order chi connectivity index (χ0) is 26.4. The first kappa shape index (κ1) is 27.1. The maximum absolute atomic E-state index is 6.16. The molecule has 0 saturated carbocycles. The van der Waals surface area contributed by atoms with Crippen molar-refractivity contribution >= 4 is 52.5 Å². The third-order valence-electron chi connectivity index (χ3n) is 7.24. The van der Waals surface area contributed by atoms with Crippen LogP contribution in [0.2, 0.25) is 5.02 Å². The van der Waals surface area contributed by atoms with E-state index in [9.17, 15) is 0 Å². The summed E-state index contributed by atoms with van der Waals surface area (Å²) in [6, 6.07) is 12.3. The van der Waals surface area contributed by atoms with Crippen LogP contribution < -0.4 is 15.5 Å². The number of halogens is 1. The molecule has 8 nitrogen and oxygen atoms in total. The van der Waals surface area contributed by atoms with E-state index in [1.807, 2.05) is 18.2 Å². The van der Waals surface area contributed by atoms with Crippen molar-refractivity contribution in [2.45, 2.75) is 60.7 Å². The van der Waals surface area contributed by atoms with Gasteiger partial charge in [0, 0.05) is 61.2 Å². The summed E-state index contributed by atoms with van der Waals surface area (Å²) < 4.78 is 5.67. The van der Waals surface area contributed by atoms with Gasteiger partial charge in [-0.2, -0.15) is 4.98 Å². The lowest BCUT2D eigenvalue weighted by molar-refractivity contribution is 0.0515. The number of aromatic nitrogens is 4. The molecular formula is C27H32ClN7OS2. The Labute approximate surface area is 238 Å². The normalized spacial score (nSPS) is 19.1. The molecule has 0 spiro atoms. The molecule has 2 aliphatic rings. The molecule has 0 amide bonds. The molecule has 1 aromatic carbocycles. The highest BCUT2D eigenvalue weighted by molar-refractivity contribution is 7.99. The molecular weight excluding hydrogens is 538 g/mol. The van der Waals surface area contributed by atoms with Crippen LogP contribution in [0.1, 0.15) is 44.6 Å². The van der Waals surface area contributed by atoms with Gasteiger partial charge in [0.15, 0.2) is 10.3 Å². The molecule has 2 aromatic heterocycles. The second-order valence-corrected chi connectivity index (χ2v) is 11.6. The maximum atomic E-state index is 6.16. The maximum Gasteiger partial charge on any atom is 0.232 e. The van der Waals surface area contributed by atoms with E-state index in [0.29, 0.717) is 42.0 Å². The Kier molecular flexibility index (Phi) is 8.93. The highest BCUT2D eigenvalue weighted by atomic mass is 35.5. The Morgan fingerprint density at radius 3 is 2.66 bits per heavy atom. The average molecular weight is 570 g/mol. The van der Waals surface area contributed by atoms with E-state index in [1.165, 1.54) is 23.7 Å². The van der Waals surface area contributed by atoms with Crippen molar-refractivity contribution in [1.82, 2.24) is 25.3 Å². The SMILES string of the molecule is C[C@@H]1CCCCN1c1cc(Sc2ncccn2)nc(NC(=S)NCC2(c3ccc(Cl)cc3)CCOCC2)n1. The minimum atomic E-state index is -0.0911. The molecule has 4 heterocycles. The summed E-state index contributed by atoms with van der Waals surface area (Å²) >= 11 is 13.3. The number of ether oxygens (including phenoxy) is 1. The van der Waals surface area contributed by atoms with E-state index in [0.717, 1.165) is 48.1 Å². The molecule has 2 saturated heterocycles. The van der Waals surface area contributed by atoms with Crippen LogP contribution in [0.3, 0.4) is 0 Å². The largest absolute Gasteiger partial charge is 0.381 e. The summed E-state index contributed by atoms with van der Waals surface area (Å²) in [7, 11) is 0. The lowest BCUT2D eigenvalue weighted by Gasteiger charge is -2.38. The van der Waals surface area contributed by atoms with Crippen molar-refractivity contribution in [3.8, 4) is 0 Å². The van der Waals surface area contributed by atoms with Gasteiger partial charge in [0.2, 0.25) is 5.95 Å². The summed E-state index contributed by atoms with van der Waals surface area (Å²) in [4.78, 5) is 20.6. The first-order valence-electron chi connectivity index (χ1n) is 13.0. The van der Waals surface area contributed by atoms with Crippen molar-refractivity contribution in [3.63, 3.8) is 0 Å². The third kappa shape index (κ3) is 6.72. The smallest absolute Gasteiger partial charge is 0.232 e. The monoisotopic (exact) mass is 569 g/mol. The molecule has 2 N–H and O–H groups in total. The number of hydrogen-bond acceptors (Lipinski definition) is 8. The van der Waals surface area contributed by atoms with E-state index < -0.39 is 0 Å².